The van der Waals surface area contributed by atoms with Crippen molar-refractivity contribution in [3.63, 3.8) is 0 Å². The number of carbonyl (C=O) groups excluding carboxylic acids is 1. The van der Waals surface area contributed by atoms with Gasteiger partial charge in [0.15, 0.2) is 0 Å². The minimum absolute atomic E-state index is 0.0634. The van der Waals surface area contributed by atoms with Crippen LogP contribution in [-0.2, 0) is 11.0 Å². The summed E-state index contributed by atoms with van der Waals surface area (Å²) in [4.78, 5) is 13.6. The smallest absolute Gasteiger partial charge is 0.319 e. The van der Waals surface area contributed by atoms with Gasteiger partial charge in [0.05, 0.1) is 12.1 Å². The highest BCUT2D eigenvalue weighted by atomic mass is 19.4. The molecule has 6 heteroatoms. The first-order chi connectivity index (χ1) is 9.73. The summed E-state index contributed by atoms with van der Waals surface area (Å²) in [6, 6.07) is 5.27. The van der Waals surface area contributed by atoms with Crippen molar-refractivity contribution in [3.8, 4) is 0 Å². The summed E-state index contributed by atoms with van der Waals surface area (Å²) in [5.41, 5.74) is -0.596. The normalized spacial score (nSPS) is 21.2. The van der Waals surface area contributed by atoms with Gasteiger partial charge in [-0.15, -0.1) is 0 Å². The molecule has 0 bridgehead atoms. The van der Waals surface area contributed by atoms with Crippen LogP contribution in [0.5, 0.6) is 0 Å². The van der Waals surface area contributed by atoms with Gasteiger partial charge in [-0.25, -0.2) is 0 Å². The predicted molar refractivity (Wildman–Crippen MR) is 73.3 cm³/mol. The Hall–Kier alpha value is -1.56. The average Bonchev–Trinajstić information content (AvgIpc) is 2.78. The Morgan fingerprint density at radius 3 is 2.43 bits per heavy atom. The predicted octanol–water partition coefficient (Wildman–Crippen LogP) is 3.18. The third kappa shape index (κ3) is 3.05. The van der Waals surface area contributed by atoms with E-state index in [0.717, 1.165) is 6.07 Å². The fourth-order valence-corrected chi connectivity index (χ4v) is 2.55. The number of hydrogen-bond acceptors (Lipinski definition) is 2. The SMILES string of the molecule is CC(C)C(C)N1C(=O)CNC1c1ccccc1C(F)(F)F. The summed E-state index contributed by atoms with van der Waals surface area (Å²) in [7, 11) is 0. The number of nitrogens with zero attached hydrogens (tertiary/aromatic N) is 1. The molecule has 1 aliphatic heterocycles. The molecule has 1 aromatic rings. The van der Waals surface area contributed by atoms with Crippen LogP contribution in [0.2, 0.25) is 0 Å². The van der Waals surface area contributed by atoms with Crippen molar-refractivity contribution in [2.75, 3.05) is 6.54 Å². The van der Waals surface area contributed by atoms with E-state index in [-0.39, 0.29) is 30.0 Å². The van der Waals surface area contributed by atoms with Gasteiger partial charge in [-0.05, 0) is 18.9 Å². The molecule has 2 atom stereocenters. The molecule has 0 aromatic heterocycles. The van der Waals surface area contributed by atoms with Crippen LogP contribution in [0, 0.1) is 5.92 Å². The molecule has 1 aliphatic rings. The zero-order valence-electron chi connectivity index (χ0n) is 12.2. The molecular formula is C15H19F3N2O. The van der Waals surface area contributed by atoms with E-state index >= 15 is 0 Å². The first-order valence-corrected chi connectivity index (χ1v) is 6.94. The summed E-state index contributed by atoms with van der Waals surface area (Å²) in [6.45, 7) is 5.82. The lowest BCUT2D eigenvalue weighted by molar-refractivity contribution is -0.140. The molecule has 1 heterocycles. The number of alkyl halides is 3. The second-order valence-electron chi connectivity index (χ2n) is 5.65. The summed E-state index contributed by atoms with van der Waals surface area (Å²) in [6.07, 6.45) is -5.16. The minimum atomic E-state index is -4.43. The van der Waals surface area contributed by atoms with Crippen LogP contribution in [0.25, 0.3) is 0 Å². The molecular weight excluding hydrogens is 281 g/mol. The largest absolute Gasteiger partial charge is 0.416 e. The van der Waals surface area contributed by atoms with Crippen molar-refractivity contribution >= 4 is 5.91 Å². The highest BCUT2D eigenvalue weighted by molar-refractivity contribution is 5.81. The number of hydrogen-bond donors (Lipinski definition) is 1. The van der Waals surface area contributed by atoms with Crippen LogP contribution >= 0.6 is 0 Å². The number of carbonyl (C=O) groups is 1. The molecule has 2 rings (SSSR count). The van der Waals surface area contributed by atoms with Crippen molar-refractivity contribution in [2.24, 2.45) is 5.92 Å². The Labute approximate surface area is 122 Å². The Morgan fingerprint density at radius 1 is 1.24 bits per heavy atom. The first-order valence-electron chi connectivity index (χ1n) is 6.94. The zero-order valence-corrected chi connectivity index (χ0v) is 12.2. The first kappa shape index (κ1) is 15.8. The van der Waals surface area contributed by atoms with Crippen LogP contribution in [0.15, 0.2) is 24.3 Å². The molecule has 0 spiro atoms. The Kier molecular flexibility index (Phi) is 4.27. The van der Waals surface area contributed by atoms with Gasteiger partial charge in [0, 0.05) is 11.6 Å². The van der Waals surface area contributed by atoms with Crippen LogP contribution in [-0.4, -0.2) is 23.4 Å². The molecule has 1 saturated heterocycles. The third-order valence-electron chi connectivity index (χ3n) is 3.98. The Balaban J connectivity index is 2.44. The zero-order chi connectivity index (χ0) is 15.8. The molecule has 0 radical (unpaired) electrons. The van der Waals surface area contributed by atoms with Crippen molar-refractivity contribution in [2.45, 2.75) is 39.2 Å². The van der Waals surface area contributed by atoms with E-state index in [0.29, 0.717) is 0 Å². The number of rotatable bonds is 3. The topological polar surface area (TPSA) is 32.3 Å². The molecule has 1 fully saturated rings. The van der Waals surface area contributed by atoms with E-state index in [1.54, 1.807) is 6.07 Å². The Bertz CT molecular complexity index is 528. The lowest BCUT2D eigenvalue weighted by Crippen LogP contribution is -2.41. The standard InChI is InChI=1S/C15H19F3N2O/c1-9(2)10(3)20-13(21)8-19-14(20)11-6-4-5-7-12(11)15(16,17)18/h4-7,9-10,14,19H,8H2,1-3H3. The van der Waals surface area contributed by atoms with Crippen molar-refractivity contribution in [3.05, 3.63) is 35.4 Å². The second-order valence-corrected chi connectivity index (χ2v) is 5.65. The van der Waals surface area contributed by atoms with Gasteiger partial charge < -0.3 is 4.90 Å². The fourth-order valence-electron chi connectivity index (χ4n) is 2.55. The van der Waals surface area contributed by atoms with Crippen LogP contribution in [0.3, 0.4) is 0 Å². The molecule has 3 nitrogen and oxygen atoms in total. The van der Waals surface area contributed by atoms with E-state index in [9.17, 15) is 18.0 Å². The highest BCUT2D eigenvalue weighted by Gasteiger charge is 2.41. The molecule has 2 unspecified atom stereocenters. The average molecular weight is 300 g/mol. The quantitative estimate of drug-likeness (QED) is 0.930. The fraction of sp³-hybridized carbons (Fsp3) is 0.533. The molecule has 0 saturated carbocycles. The van der Waals surface area contributed by atoms with Crippen LogP contribution in [0.4, 0.5) is 13.2 Å². The third-order valence-corrected chi connectivity index (χ3v) is 3.98. The van der Waals surface area contributed by atoms with E-state index in [4.69, 9.17) is 0 Å². The van der Waals surface area contributed by atoms with Crippen molar-refractivity contribution in [1.82, 2.24) is 10.2 Å². The lowest BCUT2D eigenvalue weighted by Gasteiger charge is -2.34. The van der Waals surface area contributed by atoms with Gasteiger partial charge in [-0.1, -0.05) is 32.0 Å². The van der Waals surface area contributed by atoms with E-state index in [1.807, 2.05) is 20.8 Å². The lowest BCUT2D eigenvalue weighted by atomic mass is 10.00. The van der Waals surface area contributed by atoms with Gasteiger partial charge >= 0.3 is 6.18 Å². The van der Waals surface area contributed by atoms with Crippen LogP contribution in [0.1, 0.15) is 38.1 Å². The monoisotopic (exact) mass is 300 g/mol. The molecule has 0 aliphatic carbocycles. The molecule has 1 N–H and O–H groups in total. The molecule has 1 aromatic carbocycles. The van der Waals surface area contributed by atoms with Gasteiger partial charge in [0.25, 0.3) is 0 Å². The van der Waals surface area contributed by atoms with Gasteiger partial charge in [0.1, 0.15) is 6.17 Å². The summed E-state index contributed by atoms with van der Waals surface area (Å²) < 4.78 is 39.5. The number of halogens is 3. The Morgan fingerprint density at radius 2 is 1.86 bits per heavy atom. The highest BCUT2D eigenvalue weighted by Crippen LogP contribution is 2.37. The van der Waals surface area contributed by atoms with E-state index < -0.39 is 17.9 Å². The minimum Gasteiger partial charge on any atom is -0.319 e. The summed E-state index contributed by atoms with van der Waals surface area (Å²) in [5, 5.41) is 2.90. The second kappa shape index (κ2) is 5.67. The van der Waals surface area contributed by atoms with Gasteiger partial charge in [-0.2, -0.15) is 13.2 Å². The maximum Gasteiger partial charge on any atom is 0.416 e. The molecule has 116 valence electrons. The van der Waals surface area contributed by atoms with E-state index in [1.165, 1.54) is 17.0 Å². The maximum atomic E-state index is 13.2. The number of benzene rings is 1. The summed E-state index contributed by atoms with van der Waals surface area (Å²) >= 11 is 0. The number of nitrogens with one attached hydrogen (secondary N) is 1. The maximum absolute atomic E-state index is 13.2. The molecule has 1 amide bonds. The molecule has 21 heavy (non-hydrogen) atoms. The van der Waals surface area contributed by atoms with Crippen molar-refractivity contribution < 1.29 is 18.0 Å². The summed E-state index contributed by atoms with van der Waals surface area (Å²) in [5.74, 6) is -0.00687. The van der Waals surface area contributed by atoms with Crippen molar-refractivity contribution in [1.29, 1.82) is 0 Å². The van der Waals surface area contributed by atoms with Gasteiger partial charge in [-0.3, -0.25) is 10.1 Å². The van der Waals surface area contributed by atoms with Gasteiger partial charge in [0.2, 0.25) is 5.91 Å². The number of amides is 1. The van der Waals surface area contributed by atoms with Crippen LogP contribution < -0.4 is 5.32 Å². The van der Waals surface area contributed by atoms with E-state index in [2.05, 4.69) is 5.32 Å².